The summed E-state index contributed by atoms with van der Waals surface area (Å²) in [4.78, 5) is 6.75. The van der Waals surface area contributed by atoms with E-state index in [2.05, 4.69) is 21.4 Å². The lowest BCUT2D eigenvalue weighted by Crippen LogP contribution is -2.27. The molecule has 98 valence electrons. The third-order valence-corrected chi connectivity index (χ3v) is 3.40. The van der Waals surface area contributed by atoms with Gasteiger partial charge < -0.3 is 9.67 Å². The minimum Gasteiger partial charge on any atom is -0.395 e. The molecule has 1 N–H and O–H groups in total. The van der Waals surface area contributed by atoms with Crippen molar-refractivity contribution in [1.29, 1.82) is 0 Å². The minimum atomic E-state index is 0.170. The van der Waals surface area contributed by atoms with Gasteiger partial charge in [0.15, 0.2) is 0 Å². The Morgan fingerprint density at radius 2 is 2.22 bits per heavy atom. The van der Waals surface area contributed by atoms with E-state index in [4.69, 9.17) is 16.7 Å². The van der Waals surface area contributed by atoms with E-state index in [0.29, 0.717) is 11.6 Å². The van der Waals surface area contributed by atoms with Crippen molar-refractivity contribution in [2.75, 3.05) is 19.7 Å². The summed E-state index contributed by atoms with van der Waals surface area (Å²) in [5.74, 6) is 0.988. The molecule has 1 heterocycles. The lowest BCUT2D eigenvalue weighted by Gasteiger charge is -2.18. The van der Waals surface area contributed by atoms with E-state index in [1.165, 1.54) is 0 Å². The van der Waals surface area contributed by atoms with E-state index in [9.17, 15) is 0 Å². The maximum Gasteiger partial charge on any atom is 0.123 e. The Morgan fingerprint density at radius 3 is 2.89 bits per heavy atom. The molecule has 1 aromatic carbocycles. The Kier molecular flexibility index (Phi) is 4.22. The third-order valence-electron chi connectivity index (χ3n) is 3.16. The second kappa shape index (κ2) is 5.69. The van der Waals surface area contributed by atoms with Crippen LogP contribution in [0.4, 0.5) is 0 Å². The number of aliphatic hydroxyl groups is 1. The monoisotopic (exact) mass is 267 g/mol. The van der Waals surface area contributed by atoms with Crippen molar-refractivity contribution in [3.05, 3.63) is 29.0 Å². The first-order valence-corrected chi connectivity index (χ1v) is 6.47. The zero-order chi connectivity index (χ0) is 13.1. The molecular formula is C13H18ClN3O. The maximum atomic E-state index is 9.00. The van der Waals surface area contributed by atoms with E-state index in [1.54, 1.807) is 0 Å². The second-order valence-corrected chi connectivity index (χ2v) is 4.75. The number of likely N-dealkylation sites (N-methyl/N-ethyl adjacent to an activating group) is 1. The van der Waals surface area contributed by atoms with Gasteiger partial charge in [0.25, 0.3) is 0 Å². The molecule has 18 heavy (non-hydrogen) atoms. The second-order valence-electron chi connectivity index (χ2n) is 4.31. The van der Waals surface area contributed by atoms with Crippen molar-refractivity contribution in [1.82, 2.24) is 14.5 Å². The quantitative estimate of drug-likeness (QED) is 0.901. The topological polar surface area (TPSA) is 41.3 Å². The number of hydrogen-bond donors (Lipinski definition) is 1. The molecule has 0 aliphatic heterocycles. The van der Waals surface area contributed by atoms with E-state index >= 15 is 0 Å². The molecule has 0 unspecified atom stereocenters. The smallest absolute Gasteiger partial charge is 0.123 e. The zero-order valence-corrected chi connectivity index (χ0v) is 11.5. The molecule has 0 saturated heterocycles. The van der Waals surface area contributed by atoms with E-state index in [1.807, 2.05) is 25.2 Å². The molecule has 0 radical (unpaired) electrons. The van der Waals surface area contributed by atoms with Crippen molar-refractivity contribution < 1.29 is 5.11 Å². The molecular weight excluding hydrogens is 250 g/mol. The first-order chi connectivity index (χ1) is 8.65. The van der Waals surface area contributed by atoms with Crippen LogP contribution in [0.5, 0.6) is 0 Å². The average molecular weight is 268 g/mol. The van der Waals surface area contributed by atoms with Crippen LogP contribution in [0.3, 0.4) is 0 Å². The number of rotatable bonds is 5. The van der Waals surface area contributed by atoms with E-state index in [0.717, 1.165) is 29.9 Å². The fraction of sp³-hybridized carbons (Fsp3) is 0.462. The van der Waals surface area contributed by atoms with Gasteiger partial charge in [-0.1, -0.05) is 18.5 Å². The Hall–Kier alpha value is -1.10. The van der Waals surface area contributed by atoms with Gasteiger partial charge in [0.2, 0.25) is 0 Å². The Balaban J connectivity index is 2.30. The van der Waals surface area contributed by atoms with Gasteiger partial charge in [-0.25, -0.2) is 4.98 Å². The van der Waals surface area contributed by atoms with Crippen LogP contribution in [0.1, 0.15) is 12.7 Å². The van der Waals surface area contributed by atoms with Crippen LogP contribution in [0.15, 0.2) is 18.2 Å². The predicted octanol–water partition coefficient (Wildman–Crippen LogP) is 2.04. The molecule has 0 aliphatic rings. The van der Waals surface area contributed by atoms with Gasteiger partial charge in [0.1, 0.15) is 5.82 Å². The SMILES string of the molecule is CCN(CCO)Cc1nc2cc(Cl)ccc2n1C. The summed E-state index contributed by atoms with van der Waals surface area (Å²) < 4.78 is 2.08. The highest BCUT2D eigenvalue weighted by atomic mass is 35.5. The highest BCUT2D eigenvalue weighted by Crippen LogP contribution is 2.20. The Morgan fingerprint density at radius 1 is 1.44 bits per heavy atom. The fourth-order valence-corrected chi connectivity index (χ4v) is 2.22. The number of halogens is 1. The van der Waals surface area contributed by atoms with Crippen LogP contribution in [-0.4, -0.2) is 39.3 Å². The normalized spacial score (nSPS) is 11.6. The molecule has 5 heteroatoms. The number of hydrogen-bond acceptors (Lipinski definition) is 3. The van der Waals surface area contributed by atoms with Crippen molar-refractivity contribution in [3.63, 3.8) is 0 Å². The minimum absolute atomic E-state index is 0.170. The standard InChI is InChI=1S/C13H18ClN3O/c1-3-17(6-7-18)9-13-15-11-8-10(14)4-5-12(11)16(13)2/h4-5,8,18H,3,6-7,9H2,1-2H3. The molecule has 0 saturated carbocycles. The van der Waals surface area contributed by atoms with Crippen LogP contribution < -0.4 is 0 Å². The highest BCUT2D eigenvalue weighted by molar-refractivity contribution is 6.31. The van der Waals surface area contributed by atoms with Gasteiger partial charge in [0, 0.05) is 18.6 Å². The summed E-state index contributed by atoms with van der Waals surface area (Å²) in [6, 6.07) is 5.74. The maximum absolute atomic E-state index is 9.00. The van der Waals surface area contributed by atoms with Gasteiger partial charge >= 0.3 is 0 Å². The summed E-state index contributed by atoms with van der Waals surface area (Å²) in [5.41, 5.74) is 1.99. The number of aromatic nitrogens is 2. The van der Waals surface area contributed by atoms with Crippen LogP contribution in [0, 0.1) is 0 Å². The summed E-state index contributed by atoms with van der Waals surface area (Å²) >= 11 is 5.97. The molecule has 2 aromatic rings. The van der Waals surface area contributed by atoms with Crippen molar-refractivity contribution >= 4 is 22.6 Å². The largest absolute Gasteiger partial charge is 0.395 e. The molecule has 0 bridgehead atoms. The lowest BCUT2D eigenvalue weighted by molar-refractivity contribution is 0.193. The van der Waals surface area contributed by atoms with Gasteiger partial charge in [-0.2, -0.15) is 0 Å². The molecule has 0 amide bonds. The van der Waals surface area contributed by atoms with Crippen LogP contribution >= 0.6 is 11.6 Å². The van der Waals surface area contributed by atoms with Gasteiger partial charge in [0.05, 0.1) is 24.2 Å². The molecule has 2 rings (SSSR count). The van der Waals surface area contributed by atoms with Gasteiger partial charge in [-0.05, 0) is 24.7 Å². The molecule has 0 aliphatic carbocycles. The number of aliphatic hydroxyl groups excluding tert-OH is 1. The summed E-state index contributed by atoms with van der Waals surface area (Å²) in [6.07, 6.45) is 0. The summed E-state index contributed by atoms with van der Waals surface area (Å²) in [6.45, 7) is 4.55. The van der Waals surface area contributed by atoms with E-state index in [-0.39, 0.29) is 6.61 Å². The molecule has 0 fully saturated rings. The Labute approximate surface area is 112 Å². The number of aryl methyl sites for hydroxylation is 1. The first kappa shape index (κ1) is 13.3. The van der Waals surface area contributed by atoms with Gasteiger partial charge in [-0.15, -0.1) is 0 Å². The van der Waals surface area contributed by atoms with Crippen molar-refractivity contribution in [3.8, 4) is 0 Å². The highest BCUT2D eigenvalue weighted by Gasteiger charge is 2.11. The van der Waals surface area contributed by atoms with Crippen LogP contribution in [0.2, 0.25) is 5.02 Å². The molecule has 4 nitrogen and oxygen atoms in total. The van der Waals surface area contributed by atoms with Crippen LogP contribution in [-0.2, 0) is 13.6 Å². The molecule has 0 atom stereocenters. The fourth-order valence-electron chi connectivity index (χ4n) is 2.05. The predicted molar refractivity (Wildman–Crippen MR) is 73.8 cm³/mol. The first-order valence-electron chi connectivity index (χ1n) is 6.09. The molecule has 1 aromatic heterocycles. The third kappa shape index (κ3) is 2.66. The van der Waals surface area contributed by atoms with Crippen molar-refractivity contribution in [2.24, 2.45) is 7.05 Å². The number of benzene rings is 1. The summed E-state index contributed by atoms with van der Waals surface area (Å²) in [7, 11) is 2.01. The lowest BCUT2D eigenvalue weighted by atomic mass is 10.3. The average Bonchev–Trinajstić information content (AvgIpc) is 2.65. The Bertz CT molecular complexity index is 538. The number of imidazole rings is 1. The molecule has 0 spiro atoms. The van der Waals surface area contributed by atoms with Crippen LogP contribution in [0.25, 0.3) is 11.0 Å². The van der Waals surface area contributed by atoms with Gasteiger partial charge in [-0.3, -0.25) is 4.90 Å². The van der Waals surface area contributed by atoms with Crippen molar-refractivity contribution in [2.45, 2.75) is 13.5 Å². The number of fused-ring (bicyclic) bond motifs is 1. The summed E-state index contributed by atoms with van der Waals surface area (Å²) in [5, 5.41) is 9.71. The number of nitrogens with zero attached hydrogens (tertiary/aromatic N) is 3. The zero-order valence-electron chi connectivity index (χ0n) is 10.7. The van der Waals surface area contributed by atoms with E-state index < -0.39 is 0 Å².